The average Bonchev–Trinajstić information content (AvgIpc) is 2.29. The van der Waals surface area contributed by atoms with Crippen molar-refractivity contribution in [2.24, 2.45) is 10.8 Å². The van der Waals surface area contributed by atoms with Crippen LogP contribution in [-0.4, -0.2) is 11.5 Å². The van der Waals surface area contributed by atoms with Gasteiger partial charge in [0, 0.05) is 0 Å². The fourth-order valence-corrected chi connectivity index (χ4v) is 1.27. The fraction of sp³-hybridized carbons (Fsp3) is 0.100. The molecule has 0 spiro atoms. The Morgan fingerprint density at radius 3 is 2.53 bits per heavy atom. The maximum atomic E-state index is 12.4. The molecule has 0 amide bonds. The predicted octanol–water partition coefficient (Wildman–Crippen LogP) is 2.59. The van der Waals surface area contributed by atoms with Crippen LogP contribution in [0.5, 0.6) is 0 Å². The van der Waals surface area contributed by atoms with Crippen LogP contribution in [0, 0.1) is 16.7 Å². The Labute approximate surface area is 111 Å². The van der Waals surface area contributed by atoms with E-state index in [1.54, 1.807) is 6.07 Å². The third-order valence-electron chi connectivity index (χ3n) is 1.95. The van der Waals surface area contributed by atoms with Gasteiger partial charge in [-0.05, 0) is 18.2 Å². The van der Waals surface area contributed by atoms with E-state index in [-0.39, 0.29) is 10.7 Å². The van der Waals surface area contributed by atoms with Crippen LogP contribution in [0.3, 0.4) is 0 Å². The summed E-state index contributed by atoms with van der Waals surface area (Å²) in [6.45, 7) is 0. The number of alkyl halides is 3. The summed E-state index contributed by atoms with van der Waals surface area (Å²) < 4.78 is 37.1. The van der Waals surface area contributed by atoms with E-state index in [0.29, 0.717) is 0 Å². The topological polar surface area (TPSA) is 98.0 Å². The van der Waals surface area contributed by atoms with E-state index in [1.165, 1.54) is 0 Å². The molecular formula is C10H7ClF3N5. The van der Waals surface area contributed by atoms with Gasteiger partial charge in [0.25, 0.3) is 0 Å². The van der Waals surface area contributed by atoms with Gasteiger partial charge in [-0.25, -0.2) is 0 Å². The van der Waals surface area contributed by atoms with Crippen LogP contribution < -0.4 is 11.2 Å². The zero-order valence-corrected chi connectivity index (χ0v) is 9.97. The minimum Gasteiger partial charge on any atom is -0.382 e. The van der Waals surface area contributed by atoms with Gasteiger partial charge in [-0.3, -0.25) is 10.8 Å². The lowest BCUT2D eigenvalue weighted by Crippen LogP contribution is -2.21. The van der Waals surface area contributed by atoms with Crippen molar-refractivity contribution in [3.05, 3.63) is 28.8 Å². The molecule has 0 radical (unpaired) electrons. The third kappa shape index (κ3) is 3.86. The molecule has 1 aromatic carbocycles. The van der Waals surface area contributed by atoms with Gasteiger partial charge in [0.1, 0.15) is 6.07 Å². The van der Waals surface area contributed by atoms with E-state index in [1.807, 2.05) is 0 Å². The van der Waals surface area contributed by atoms with Crippen molar-refractivity contribution in [2.45, 2.75) is 6.18 Å². The van der Waals surface area contributed by atoms with Crippen molar-refractivity contribution < 1.29 is 13.2 Å². The Morgan fingerprint density at radius 1 is 1.47 bits per heavy atom. The van der Waals surface area contributed by atoms with Crippen LogP contribution in [0.25, 0.3) is 0 Å². The maximum Gasteiger partial charge on any atom is 0.416 e. The Kier molecular flexibility index (Phi) is 4.34. The van der Waals surface area contributed by atoms with Gasteiger partial charge < -0.3 is 5.73 Å². The van der Waals surface area contributed by atoms with E-state index in [9.17, 15) is 13.2 Å². The van der Waals surface area contributed by atoms with Gasteiger partial charge in [-0.2, -0.15) is 23.5 Å². The molecule has 0 fully saturated rings. The molecule has 5 nitrogen and oxygen atoms in total. The van der Waals surface area contributed by atoms with Gasteiger partial charge in [0.2, 0.25) is 5.71 Å². The largest absolute Gasteiger partial charge is 0.416 e. The molecule has 0 aliphatic heterocycles. The number of hydrazone groups is 1. The number of nitriles is 1. The second-order valence-corrected chi connectivity index (χ2v) is 3.70. The predicted molar refractivity (Wildman–Crippen MR) is 65.0 cm³/mol. The molecule has 0 unspecified atom stereocenters. The van der Waals surface area contributed by atoms with Crippen LogP contribution in [0.15, 0.2) is 23.3 Å². The Morgan fingerprint density at radius 2 is 2.11 bits per heavy atom. The highest BCUT2D eigenvalue weighted by Crippen LogP contribution is 2.33. The molecule has 0 aliphatic rings. The first-order valence-corrected chi connectivity index (χ1v) is 5.08. The fourth-order valence-electron chi connectivity index (χ4n) is 1.04. The van der Waals surface area contributed by atoms with Crippen molar-refractivity contribution in [1.29, 1.82) is 10.7 Å². The van der Waals surface area contributed by atoms with Gasteiger partial charge in [0.05, 0.1) is 16.3 Å². The van der Waals surface area contributed by atoms with Crippen LogP contribution in [0.1, 0.15) is 5.56 Å². The second kappa shape index (κ2) is 5.58. The van der Waals surface area contributed by atoms with Gasteiger partial charge in [-0.1, -0.05) is 11.6 Å². The zero-order valence-electron chi connectivity index (χ0n) is 9.22. The maximum absolute atomic E-state index is 12.4. The monoisotopic (exact) mass is 289 g/mol. The molecule has 4 N–H and O–H groups in total. The second-order valence-electron chi connectivity index (χ2n) is 3.29. The standard InChI is InChI=1S/C10H7ClF3N5/c11-6-3-5(10(12,13)14)1-2-7(6)18-19-8(4-15)9(16)17/h1-3,18H,(H3,16,17)/b19-8+. The Hall–Kier alpha value is -2.27. The summed E-state index contributed by atoms with van der Waals surface area (Å²) in [5.74, 6) is -0.571. The summed E-state index contributed by atoms with van der Waals surface area (Å²) >= 11 is 5.64. The molecule has 9 heteroatoms. The minimum atomic E-state index is -4.50. The van der Waals surface area contributed by atoms with Crippen molar-refractivity contribution >= 4 is 28.8 Å². The van der Waals surface area contributed by atoms with E-state index in [0.717, 1.165) is 18.2 Å². The Bertz CT molecular complexity index is 574. The van der Waals surface area contributed by atoms with Crippen molar-refractivity contribution in [3.63, 3.8) is 0 Å². The SMILES string of the molecule is N#C/C(=N\Nc1ccc(C(F)(F)F)cc1Cl)C(=N)N. The summed E-state index contributed by atoms with van der Waals surface area (Å²) in [5, 5.41) is 18.8. The number of nitrogens with zero attached hydrogens (tertiary/aromatic N) is 2. The zero-order chi connectivity index (χ0) is 14.6. The number of benzene rings is 1. The van der Waals surface area contributed by atoms with Crippen LogP contribution >= 0.6 is 11.6 Å². The van der Waals surface area contributed by atoms with Crippen molar-refractivity contribution in [2.75, 3.05) is 5.43 Å². The number of amidine groups is 1. The number of anilines is 1. The van der Waals surface area contributed by atoms with E-state index < -0.39 is 23.3 Å². The molecule has 0 heterocycles. The summed E-state index contributed by atoms with van der Waals surface area (Å²) in [4.78, 5) is 0. The van der Waals surface area contributed by atoms with E-state index in [2.05, 4.69) is 10.5 Å². The molecule has 0 aromatic heterocycles. The first-order chi connectivity index (χ1) is 8.75. The van der Waals surface area contributed by atoms with Crippen LogP contribution in [0.2, 0.25) is 5.02 Å². The molecule has 1 aromatic rings. The molecule has 0 atom stereocenters. The lowest BCUT2D eigenvalue weighted by molar-refractivity contribution is -0.137. The molecule has 0 saturated heterocycles. The number of nitrogens with two attached hydrogens (primary N) is 1. The number of rotatable bonds is 3. The van der Waals surface area contributed by atoms with Gasteiger partial charge in [0.15, 0.2) is 5.84 Å². The highest BCUT2D eigenvalue weighted by atomic mass is 35.5. The summed E-state index contributed by atoms with van der Waals surface area (Å²) in [7, 11) is 0. The van der Waals surface area contributed by atoms with E-state index >= 15 is 0 Å². The summed E-state index contributed by atoms with van der Waals surface area (Å²) in [5.41, 5.74) is 6.06. The van der Waals surface area contributed by atoms with Crippen LogP contribution in [-0.2, 0) is 6.18 Å². The summed E-state index contributed by atoms with van der Waals surface area (Å²) in [6, 6.07) is 4.13. The number of hydrogen-bond donors (Lipinski definition) is 3. The first kappa shape index (κ1) is 14.8. The smallest absolute Gasteiger partial charge is 0.382 e. The average molecular weight is 290 g/mol. The molecular weight excluding hydrogens is 283 g/mol. The molecule has 1 rings (SSSR count). The lowest BCUT2D eigenvalue weighted by Gasteiger charge is -2.09. The minimum absolute atomic E-state index is 0.0590. The summed E-state index contributed by atoms with van der Waals surface area (Å²) in [6.07, 6.45) is -4.50. The first-order valence-electron chi connectivity index (χ1n) is 4.70. The van der Waals surface area contributed by atoms with Crippen molar-refractivity contribution in [3.8, 4) is 6.07 Å². The van der Waals surface area contributed by atoms with Crippen molar-refractivity contribution in [1.82, 2.24) is 0 Å². The lowest BCUT2D eigenvalue weighted by atomic mass is 10.2. The normalized spacial score (nSPS) is 11.8. The van der Waals surface area contributed by atoms with Crippen LogP contribution in [0.4, 0.5) is 18.9 Å². The number of halogens is 4. The highest BCUT2D eigenvalue weighted by Gasteiger charge is 2.30. The van der Waals surface area contributed by atoms with E-state index in [4.69, 9.17) is 28.0 Å². The molecule has 0 saturated carbocycles. The third-order valence-corrected chi connectivity index (χ3v) is 2.26. The number of hydrogen-bond acceptors (Lipinski definition) is 4. The quantitative estimate of drug-likeness (QED) is 0.453. The van der Waals surface area contributed by atoms with Gasteiger partial charge in [-0.15, -0.1) is 0 Å². The highest BCUT2D eigenvalue weighted by molar-refractivity contribution is 6.45. The number of nitrogens with one attached hydrogen (secondary N) is 2. The van der Waals surface area contributed by atoms with Gasteiger partial charge >= 0.3 is 6.18 Å². The molecule has 0 aliphatic carbocycles. The molecule has 0 bridgehead atoms. The molecule has 19 heavy (non-hydrogen) atoms. The molecule has 100 valence electrons. The Balaban J connectivity index is 3.00.